The molecule has 2 aliphatic rings. The molecule has 0 radical (unpaired) electrons. The highest BCUT2D eigenvalue weighted by atomic mass is 16.2. The largest absolute Gasteiger partial charge is 0.359 e. The molecule has 0 bridgehead atoms. The van der Waals surface area contributed by atoms with Crippen LogP contribution in [0.1, 0.15) is 60.7 Å². The first-order valence-corrected chi connectivity index (χ1v) is 9.85. The Morgan fingerprint density at radius 2 is 2.04 bits per heavy atom. The molecule has 2 N–H and O–H groups in total. The summed E-state index contributed by atoms with van der Waals surface area (Å²) in [5.74, 6) is 0.150. The lowest BCUT2D eigenvalue weighted by Gasteiger charge is -2.17. The maximum Gasteiger partial charge on any atom is 0.273 e. The molecule has 2 aromatic heterocycles. The summed E-state index contributed by atoms with van der Waals surface area (Å²) >= 11 is 0. The normalized spacial score (nSPS) is 18.9. The lowest BCUT2D eigenvalue weighted by Crippen LogP contribution is -2.19. The van der Waals surface area contributed by atoms with Gasteiger partial charge in [-0.05, 0) is 62.0 Å². The number of aromatic amines is 1. The van der Waals surface area contributed by atoms with Crippen LogP contribution in [0, 0.1) is 6.92 Å². The quantitative estimate of drug-likeness (QED) is 0.784. The van der Waals surface area contributed by atoms with E-state index in [1.54, 1.807) is 12.4 Å². The summed E-state index contributed by atoms with van der Waals surface area (Å²) in [6.45, 7) is 9.80. The zero-order valence-corrected chi connectivity index (χ0v) is 16.6. The van der Waals surface area contributed by atoms with Crippen molar-refractivity contribution in [2.45, 2.75) is 46.1 Å². The van der Waals surface area contributed by atoms with Gasteiger partial charge in [0.15, 0.2) is 0 Å². The van der Waals surface area contributed by atoms with E-state index in [1.807, 2.05) is 12.1 Å². The Kier molecular flexibility index (Phi) is 5.09. The molecule has 2 aromatic rings. The van der Waals surface area contributed by atoms with Crippen molar-refractivity contribution < 1.29 is 4.79 Å². The fraction of sp³-hybridized carbons (Fsp3) is 0.429. The number of carbonyl (C=O) groups excluding carboxylic acids is 1. The molecule has 0 aromatic carbocycles. The smallest absolute Gasteiger partial charge is 0.273 e. The number of hydrogen-bond donors (Lipinski definition) is 2. The Morgan fingerprint density at radius 3 is 2.71 bits per heavy atom. The molecule has 0 unspecified atom stereocenters. The SMILES string of the molecule is Cc1[nH]c(/C=C2/C(=O)NN=C2c2ccnnc2)c(C(C)C)c1CN1CCCC1. The summed E-state index contributed by atoms with van der Waals surface area (Å²) in [6.07, 6.45) is 7.70. The van der Waals surface area contributed by atoms with E-state index in [4.69, 9.17) is 0 Å². The average Bonchev–Trinajstić information content (AvgIpc) is 3.38. The van der Waals surface area contributed by atoms with Gasteiger partial charge >= 0.3 is 0 Å². The van der Waals surface area contributed by atoms with Crippen molar-refractivity contribution in [2.24, 2.45) is 5.10 Å². The lowest BCUT2D eigenvalue weighted by atomic mass is 9.95. The Morgan fingerprint density at radius 1 is 1.25 bits per heavy atom. The van der Waals surface area contributed by atoms with Gasteiger partial charge in [-0.2, -0.15) is 15.3 Å². The monoisotopic (exact) mass is 378 g/mol. The lowest BCUT2D eigenvalue weighted by molar-refractivity contribution is -0.116. The van der Waals surface area contributed by atoms with Crippen molar-refractivity contribution >= 4 is 17.7 Å². The molecule has 1 fully saturated rings. The molecule has 0 spiro atoms. The topological polar surface area (TPSA) is 86.3 Å². The Hall–Kier alpha value is -2.80. The molecule has 1 amide bonds. The van der Waals surface area contributed by atoms with Crippen LogP contribution in [0.2, 0.25) is 0 Å². The van der Waals surface area contributed by atoms with Crippen molar-refractivity contribution in [1.29, 1.82) is 0 Å². The summed E-state index contributed by atoms with van der Waals surface area (Å²) in [6, 6.07) is 1.81. The van der Waals surface area contributed by atoms with Crippen molar-refractivity contribution in [2.75, 3.05) is 13.1 Å². The molecule has 4 rings (SSSR count). The van der Waals surface area contributed by atoms with E-state index in [2.05, 4.69) is 51.4 Å². The third kappa shape index (κ3) is 3.49. The number of H-pyrrole nitrogens is 1. The zero-order valence-electron chi connectivity index (χ0n) is 16.6. The number of aromatic nitrogens is 3. The summed E-state index contributed by atoms with van der Waals surface area (Å²) in [4.78, 5) is 18.5. The van der Waals surface area contributed by atoms with E-state index < -0.39 is 0 Å². The van der Waals surface area contributed by atoms with Gasteiger partial charge in [0.1, 0.15) is 5.71 Å². The van der Waals surface area contributed by atoms with Crippen LogP contribution >= 0.6 is 0 Å². The number of likely N-dealkylation sites (tertiary alicyclic amines) is 1. The van der Waals surface area contributed by atoms with Crippen molar-refractivity contribution in [1.82, 2.24) is 25.5 Å². The van der Waals surface area contributed by atoms with E-state index in [-0.39, 0.29) is 5.91 Å². The minimum Gasteiger partial charge on any atom is -0.359 e. The van der Waals surface area contributed by atoms with Gasteiger partial charge in [-0.15, -0.1) is 0 Å². The van der Waals surface area contributed by atoms with Crippen LogP contribution < -0.4 is 5.43 Å². The predicted molar refractivity (Wildman–Crippen MR) is 109 cm³/mol. The standard InChI is InChI=1S/C21H26N6O/c1-13(2)19-17(12-27-8-4-5-9-27)14(3)24-18(19)10-16-20(25-26-21(16)28)15-6-7-22-23-11-15/h6-7,10-11,13,24H,4-5,8-9,12H2,1-3H3,(H,26,28)/b16-10+. The number of hydrogen-bond acceptors (Lipinski definition) is 5. The number of amides is 1. The van der Waals surface area contributed by atoms with Gasteiger partial charge in [0.05, 0.1) is 18.0 Å². The van der Waals surface area contributed by atoms with E-state index in [1.165, 1.54) is 29.7 Å². The van der Waals surface area contributed by atoms with E-state index in [0.717, 1.165) is 30.9 Å². The molecule has 0 saturated carbocycles. The first-order valence-electron chi connectivity index (χ1n) is 9.85. The molecule has 1 saturated heterocycles. The highest BCUT2D eigenvalue weighted by Crippen LogP contribution is 2.31. The first-order chi connectivity index (χ1) is 13.5. The Bertz CT molecular complexity index is 935. The van der Waals surface area contributed by atoms with Gasteiger partial charge in [-0.3, -0.25) is 9.69 Å². The van der Waals surface area contributed by atoms with Gasteiger partial charge in [0.25, 0.3) is 5.91 Å². The number of aryl methyl sites for hydroxylation is 1. The third-order valence-corrected chi connectivity index (χ3v) is 5.46. The second-order valence-corrected chi connectivity index (χ2v) is 7.78. The third-order valence-electron chi connectivity index (χ3n) is 5.46. The fourth-order valence-corrected chi connectivity index (χ4v) is 4.11. The van der Waals surface area contributed by atoms with Crippen LogP contribution in [-0.4, -0.2) is 44.8 Å². The maximum atomic E-state index is 12.5. The summed E-state index contributed by atoms with van der Waals surface area (Å²) < 4.78 is 0. The summed E-state index contributed by atoms with van der Waals surface area (Å²) in [5.41, 5.74) is 9.29. The van der Waals surface area contributed by atoms with Gasteiger partial charge < -0.3 is 4.98 Å². The van der Waals surface area contributed by atoms with E-state index >= 15 is 0 Å². The molecular weight excluding hydrogens is 352 g/mol. The predicted octanol–water partition coefficient (Wildman–Crippen LogP) is 2.75. The van der Waals surface area contributed by atoms with Gasteiger partial charge in [-0.1, -0.05) is 13.8 Å². The van der Waals surface area contributed by atoms with Crippen LogP contribution in [0.5, 0.6) is 0 Å². The zero-order chi connectivity index (χ0) is 19.7. The number of rotatable bonds is 5. The number of nitrogens with zero attached hydrogens (tertiary/aromatic N) is 4. The van der Waals surface area contributed by atoms with Crippen LogP contribution in [-0.2, 0) is 11.3 Å². The number of hydrazone groups is 1. The molecule has 7 nitrogen and oxygen atoms in total. The van der Waals surface area contributed by atoms with Gasteiger partial charge in [-0.25, -0.2) is 5.43 Å². The van der Waals surface area contributed by atoms with Gasteiger partial charge in [0, 0.05) is 23.5 Å². The highest BCUT2D eigenvalue weighted by Gasteiger charge is 2.27. The second-order valence-electron chi connectivity index (χ2n) is 7.78. The van der Waals surface area contributed by atoms with Crippen LogP contribution in [0.25, 0.3) is 6.08 Å². The van der Waals surface area contributed by atoms with Crippen molar-refractivity contribution in [3.63, 3.8) is 0 Å². The number of nitrogens with one attached hydrogen (secondary N) is 2. The minimum absolute atomic E-state index is 0.199. The molecule has 0 aliphatic carbocycles. The first kappa shape index (κ1) is 18.6. The molecule has 28 heavy (non-hydrogen) atoms. The Balaban J connectivity index is 1.74. The Labute approximate surface area is 164 Å². The molecule has 7 heteroatoms. The van der Waals surface area contributed by atoms with E-state index in [0.29, 0.717) is 17.2 Å². The van der Waals surface area contributed by atoms with Gasteiger partial charge in [0.2, 0.25) is 0 Å². The van der Waals surface area contributed by atoms with Crippen molar-refractivity contribution in [3.05, 3.63) is 52.1 Å². The maximum absolute atomic E-state index is 12.5. The molecule has 2 aliphatic heterocycles. The fourth-order valence-electron chi connectivity index (χ4n) is 4.11. The van der Waals surface area contributed by atoms with Crippen molar-refractivity contribution in [3.8, 4) is 0 Å². The van der Waals surface area contributed by atoms with Crippen LogP contribution in [0.15, 0.2) is 29.1 Å². The van der Waals surface area contributed by atoms with Crippen LogP contribution in [0.4, 0.5) is 0 Å². The molecular formula is C21H26N6O. The average molecular weight is 378 g/mol. The summed E-state index contributed by atoms with van der Waals surface area (Å²) in [5, 5.41) is 11.9. The second kappa shape index (κ2) is 7.67. The summed E-state index contributed by atoms with van der Waals surface area (Å²) in [7, 11) is 0. The van der Waals surface area contributed by atoms with Crippen LogP contribution in [0.3, 0.4) is 0 Å². The molecule has 146 valence electrons. The molecule has 4 heterocycles. The minimum atomic E-state index is -0.199. The van der Waals surface area contributed by atoms with E-state index in [9.17, 15) is 4.79 Å². The molecule has 0 atom stereocenters. The number of carbonyl (C=O) groups is 1. The highest BCUT2D eigenvalue weighted by molar-refractivity contribution is 6.33.